The van der Waals surface area contributed by atoms with Crippen molar-refractivity contribution < 1.29 is 26.8 Å². The van der Waals surface area contributed by atoms with Crippen molar-refractivity contribution in [3.63, 3.8) is 0 Å². The summed E-state index contributed by atoms with van der Waals surface area (Å²) in [4.78, 5) is 24.8. The maximum Gasteiger partial charge on any atom is 0.243 e. The SMILES string of the molecule is C=CC.C=CC=C.C=O.NC(CCCCNS(=O)(=O)c1ccccc1F)C(=O)NC1CCc2cc(F)ccc2C1Cc1cccnc1. The zero-order chi connectivity index (χ0) is 35.2. The maximum atomic E-state index is 13.9. The predicted octanol–water partition coefficient (Wildman–Crippen LogP) is 5.96. The third-order valence-corrected chi connectivity index (χ3v) is 8.58. The van der Waals surface area contributed by atoms with E-state index < -0.39 is 26.8 Å². The first-order chi connectivity index (χ1) is 22.6. The number of carbonyl (C=O) groups excluding carboxylic acids is 2. The molecule has 4 rings (SSSR count). The van der Waals surface area contributed by atoms with Gasteiger partial charge in [0.15, 0.2) is 0 Å². The molecule has 0 radical (unpaired) electrons. The number of halogens is 2. The summed E-state index contributed by atoms with van der Waals surface area (Å²) in [5.74, 6) is -1.41. The van der Waals surface area contributed by atoms with Crippen LogP contribution in [0.3, 0.4) is 0 Å². The first kappa shape index (κ1) is 40.7. The highest BCUT2D eigenvalue weighted by atomic mass is 32.2. The molecule has 1 aliphatic carbocycles. The van der Waals surface area contributed by atoms with Crippen molar-refractivity contribution >= 4 is 22.7 Å². The summed E-state index contributed by atoms with van der Waals surface area (Å²) in [6.07, 6.45) is 11.8. The van der Waals surface area contributed by atoms with Crippen LogP contribution in [0.5, 0.6) is 0 Å². The van der Waals surface area contributed by atoms with Crippen LogP contribution in [0.2, 0.25) is 0 Å². The lowest BCUT2D eigenvalue weighted by Gasteiger charge is -2.35. The van der Waals surface area contributed by atoms with E-state index in [0.717, 1.165) is 22.8 Å². The van der Waals surface area contributed by atoms with Crippen LogP contribution in [0.4, 0.5) is 8.78 Å². The summed E-state index contributed by atoms with van der Waals surface area (Å²) < 4.78 is 54.6. The number of nitrogens with one attached hydrogen (secondary N) is 2. The fraction of sp³-hybridized carbons (Fsp3) is 0.306. The standard InChI is InChI=1S/C28H32F2N4O3S.C4H6.C3H6.CH2O/c29-21-11-12-22-20(17-21)10-13-26(23(22)16-19-6-5-14-32-18-19)34-28(35)25(31)8-3-4-15-33-38(36,37)27-9-2-1-7-24(27)30;1-3-4-2;1-3-2;1-2/h1-2,5-7,9,11-12,14,17-18,23,25-26,33H,3-4,8,10,13,15-16,31H2,(H,34,35);3-4H,1-2H2;3H,1H2,2H3;1H2. The number of fused-ring (bicyclic) bond motifs is 1. The molecule has 254 valence electrons. The van der Waals surface area contributed by atoms with Crippen LogP contribution in [-0.2, 0) is 32.5 Å². The van der Waals surface area contributed by atoms with E-state index in [0.29, 0.717) is 38.5 Å². The topological polar surface area (TPSA) is 131 Å². The lowest BCUT2D eigenvalue weighted by Crippen LogP contribution is -2.49. The number of hydrogen-bond acceptors (Lipinski definition) is 6. The minimum absolute atomic E-state index is 0.0486. The van der Waals surface area contributed by atoms with E-state index in [-0.39, 0.29) is 30.2 Å². The fourth-order valence-corrected chi connectivity index (χ4v) is 6.09. The van der Waals surface area contributed by atoms with Crippen LogP contribution >= 0.6 is 0 Å². The van der Waals surface area contributed by atoms with Crippen LogP contribution in [0.25, 0.3) is 0 Å². The van der Waals surface area contributed by atoms with E-state index in [9.17, 15) is 22.0 Å². The molecule has 1 aromatic heterocycles. The van der Waals surface area contributed by atoms with Gasteiger partial charge in [-0.3, -0.25) is 9.78 Å². The minimum Gasteiger partial charge on any atom is -0.351 e. The summed E-state index contributed by atoms with van der Waals surface area (Å²) >= 11 is 0. The number of nitrogens with zero attached hydrogens (tertiary/aromatic N) is 1. The molecule has 2 aromatic carbocycles. The normalized spacial score (nSPS) is 15.3. The molecule has 8 nitrogen and oxygen atoms in total. The van der Waals surface area contributed by atoms with Crippen LogP contribution in [0.1, 0.15) is 55.2 Å². The van der Waals surface area contributed by atoms with Gasteiger partial charge in [0.05, 0.1) is 6.04 Å². The van der Waals surface area contributed by atoms with Crippen molar-refractivity contribution in [2.45, 2.75) is 68.3 Å². The molecule has 3 unspecified atom stereocenters. The molecule has 0 spiro atoms. The zero-order valence-corrected chi connectivity index (χ0v) is 27.7. The molecule has 0 aliphatic heterocycles. The number of rotatable bonds is 12. The third kappa shape index (κ3) is 13.9. The number of allylic oxidation sites excluding steroid dienone is 3. The second-order valence-corrected chi connectivity index (χ2v) is 12.2. The smallest absolute Gasteiger partial charge is 0.243 e. The van der Waals surface area contributed by atoms with Crippen LogP contribution < -0.4 is 15.8 Å². The number of aromatic nitrogens is 1. The van der Waals surface area contributed by atoms with Gasteiger partial charge in [-0.15, -0.1) is 6.58 Å². The molecule has 0 bridgehead atoms. The maximum absolute atomic E-state index is 13.9. The average Bonchev–Trinajstić information content (AvgIpc) is 3.07. The number of carbonyl (C=O) groups is 2. The van der Waals surface area contributed by atoms with Gasteiger partial charge in [0, 0.05) is 30.9 Å². The van der Waals surface area contributed by atoms with E-state index >= 15 is 0 Å². The molecular formula is C36H46F2N4O4S. The Morgan fingerprint density at radius 1 is 1.06 bits per heavy atom. The van der Waals surface area contributed by atoms with Gasteiger partial charge in [0.2, 0.25) is 15.9 Å². The number of nitrogens with two attached hydrogens (primary N) is 1. The predicted molar refractivity (Wildman–Crippen MR) is 184 cm³/mol. The molecule has 11 heteroatoms. The molecule has 47 heavy (non-hydrogen) atoms. The number of amides is 1. The van der Waals surface area contributed by atoms with Gasteiger partial charge in [0.1, 0.15) is 23.3 Å². The van der Waals surface area contributed by atoms with Crippen LogP contribution in [0, 0.1) is 11.6 Å². The van der Waals surface area contributed by atoms with Crippen LogP contribution in [-0.4, -0.2) is 44.7 Å². The summed E-state index contributed by atoms with van der Waals surface area (Å²) in [7, 11) is -3.95. The van der Waals surface area contributed by atoms with Crippen molar-refractivity contribution in [1.29, 1.82) is 0 Å². The van der Waals surface area contributed by atoms with Crippen molar-refractivity contribution in [3.05, 3.63) is 133 Å². The molecule has 3 atom stereocenters. The molecule has 1 heterocycles. The first-order valence-corrected chi connectivity index (χ1v) is 16.6. The second-order valence-electron chi connectivity index (χ2n) is 10.5. The number of sulfonamides is 1. The number of unbranched alkanes of at least 4 members (excludes halogenated alkanes) is 1. The zero-order valence-electron chi connectivity index (χ0n) is 26.9. The first-order valence-electron chi connectivity index (χ1n) is 15.1. The van der Waals surface area contributed by atoms with Crippen molar-refractivity contribution in [2.75, 3.05) is 6.54 Å². The second kappa shape index (κ2) is 22.2. The quantitative estimate of drug-likeness (QED) is 0.124. The Bertz CT molecular complexity index is 1510. The largest absolute Gasteiger partial charge is 0.351 e. The molecule has 1 aliphatic rings. The van der Waals surface area contributed by atoms with E-state index in [1.807, 2.05) is 25.8 Å². The number of aryl methyl sites for hydroxylation is 1. The summed E-state index contributed by atoms with van der Waals surface area (Å²) in [5.41, 5.74) is 9.16. The molecule has 4 N–H and O–H groups in total. The highest BCUT2D eigenvalue weighted by molar-refractivity contribution is 7.89. The highest BCUT2D eigenvalue weighted by Crippen LogP contribution is 2.35. The average molecular weight is 669 g/mol. The van der Waals surface area contributed by atoms with Crippen LogP contribution in [0.15, 0.2) is 110 Å². The van der Waals surface area contributed by atoms with Gasteiger partial charge in [0.25, 0.3) is 0 Å². The Hall–Kier alpha value is -4.32. The highest BCUT2D eigenvalue weighted by Gasteiger charge is 2.32. The van der Waals surface area contributed by atoms with Crippen molar-refractivity contribution in [3.8, 4) is 0 Å². The molecule has 0 fully saturated rings. The van der Waals surface area contributed by atoms with E-state index in [2.05, 4.69) is 34.8 Å². The van der Waals surface area contributed by atoms with Gasteiger partial charge in [-0.05, 0) is 86.1 Å². The number of pyridine rings is 1. The van der Waals surface area contributed by atoms with E-state index in [4.69, 9.17) is 10.5 Å². The summed E-state index contributed by atoms with van der Waals surface area (Å²) in [6, 6.07) is 12.9. The monoisotopic (exact) mass is 668 g/mol. The van der Waals surface area contributed by atoms with Gasteiger partial charge >= 0.3 is 0 Å². The van der Waals surface area contributed by atoms with Gasteiger partial charge in [-0.1, -0.05) is 62.1 Å². The van der Waals surface area contributed by atoms with Crippen molar-refractivity contribution in [2.24, 2.45) is 5.73 Å². The lowest BCUT2D eigenvalue weighted by atomic mass is 9.76. The van der Waals surface area contributed by atoms with Gasteiger partial charge in [-0.25, -0.2) is 21.9 Å². The molecule has 3 aromatic rings. The van der Waals surface area contributed by atoms with E-state index in [1.54, 1.807) is 42.8 Å². The molecule has 0 saturated heterocycles. The lowest BCUT2D eigenvalue weighted by molar-refractivity contribution is -0.123. The Morgan fingerprint density at radius 3 is 2.36 bits per heavy atom. The Labute approximate surface area is 277 Å². The summed E-state index contributed by atoms with van der Waals surface area (Å²) in [6.45, 7) is 14.1. The number of benzene rings is 2. The third-order valence-electron chi connectivity index (χ3n) is 7.08. The Kier molecular flexibility index (Phi) is 19.3. The fourth-order valence-electron chi connectivity index (χ4n) is 4.94. The van der Waals surface area contributed by atoms with Gasteiger partial charge < -0.3 is 15.8 Å². The Morgan fingerprint density at radius 2 is 1.74 bits per heavy atom. The number of hydrogen-bond donors (Lipinski definition) is 3. The molecule has 1 amide bonds. The molecule has 0 saturated carbocycles. The minimum atomic E-state index is -3.95. The summed E-state index contributed by atoms with van der Waals surface area (Å²) in [5, 5.41) is 3.11. The molecular weight excluding hydrogens is 622 g/mol. The van der Waals surface area contributed by atoms with Crippen molar-refractivity contribution in [1.82, 2.24) is 15.0 Å². The Balaban J connectivity index is 0.00000110. The van der Waals surface area contributed by atoms with E-state index in [1.165, 1.54) is 24.3 Å². The van der Waals surface area contributed by atoms with Gasteiger partial charge in [-0.2, -0.15) is 0 Å².